The summed E-state index contributed by atoms with van der Waals surface area (Å²) < 4.78 is 48.7. The number of hydrogen-bond donors (Lipinski definition) is 0. The van der Waals surface area contributed by atoms with E-state index in [4.69, 9.17) is 4.42 Å². The molecular weight excluding hydrogens is 616 g/mol. The van der Waals surface area contributed by atoms with Crippen molar-refractivity contribution in [2.75, 3.05) is 15.9 Å². The third-order valence-electron chi connectivity index (χ3n) is 7.49. The van der Waals surface area contributed by atoms with Crippen LogP contribution in [0.15, 0.2) is 116 Å². The van der Waals surface area contributed by atoms with Gasteiger partial charge in [-0.2, -0.15) is 10.1 Å². The van der Waals surface area contributed by atoms with Crippen molar-refractivity contribution < 1.29 is 22.0 Å². The van der Waals surface area contributed by atoms with Gasteiger partial charge in [-0.05, 0) is 79.1 Å². The summed E-state index contributed by atoms with van der Waals surface area (Å²) in [6.07, 6.45) is 3.95. The average Bonchev–Trinajstić information content (AvgIpc) is 3.48. The first-order valence-electron chi connectivity index (χ1n) is 14.0. The number of fused-ring (bicyclic) bond motifs is 3. The van der Waals surface area contributed by atoms with Gasteiger partial charge >= 0.3 is 0 Å². The minimum atomic E-state index is -3.89. The molecule has 9 nitrogen and oxygen atoms in total. The van der Waals surface area contributed by atoms with Crippen LogP contribution in [0.2, 0.25) is 0 Å². The second kappa shape index (κ2) is 11.4. The van der Waals surface area contributed by atoms with E-state index in [9.17, 15) is 22.4 Å². The Labute approximate surface area is 260 Å². The maximum absolute atomic E-state index is 13.9. The first-order chi connectivity index (χ1) is 21.8. The highest BCUT2D eigenvalue weighted by Crippen LogP contribution is 2.33. The van der Waals surface area contributed by atoms with Crippen molar-refractivity contribution in [3.63, 3.8) is 0 Å². The third-order valence-corrected chi connectivity index (χ3v) is 10.3. The Bertz CT molecular complexity index is 2300. The number of aromatic nitrogens is 1. The van der Waals surface area contributed by atoms with Crippen molar-refractivity contribution in [3.8, 4) is 0 Å². The Hall–Kier alpha value is -5.20. The highest BCUT2D eigenvalue weighted by Gasteiger charge is 2.29. The zero-order chi connectivity index (χ0) is 31.1. The van der Waals surface area contributed by atoms with Crippen LogP contribution in [-0.2, 0) is 16.4 Å². The van der Waals surface area contributed by atoms with Crippen molar-refractivity contribution in [2.24, 2.45) is 5.10 Å². The number of hydrazone groups is 1. The van der Waals surface area contributed by atoms with Gasteiger partial charge in [0.05, 0.1) is 38.0 Å². The van der Waals surface area contributed by atoms with Crippen LogP contribution in [-0.4, -0.2) is 32.1 Å². The summed E-state index contributed by atoms with van der Waals surface area (Å²) in [6.45, 7) is 0.351. The van der Waals surface area contributed by atoms with Gasteiger partial charge in [0.1, 0.15) is 17.7 Å². The van der Waals surface area contributed by atoms with E-state index in [2.05, 4.69) is 10.1 Å². The highest BCUT2D eigenvalue weighted by molar-refractivity contribution is 7.92. The number of para-hydroxylation sites is 2. The predicted molar refractivity (Wildman–Crippen MR) is 172 cm³/mol. The van der Waals surface area contributed by atoms with Crippen molar-refractivity contribution >= 4 is 65.5 Å². The van der Waals surface area contributed by atoms with Gasteiger partial charge in [-0.15, -0.1) is 0 Å². The van der Waals surface area contributed by atoms with E-state index in [0.29, 0.717) is 39.8 Å². The number of anilines is 2. The molecule has 0 saturated heterocycles. The largest absolute Gasteiger partial charge is 0.463 e. The van der Waals surface area contributed by atoms with Gasteiger partial charge < -0.3 is 4.42 Å². The zero-order valence-electron chi connectivity index (χ0n) is 23.5. The predicted octanol–water partition coefficient (Wildman–Crippen LogP) is 6.36. The van der Waals surface area contributed by atoms with Crippen molar-refractivity contribution in [2.45, 2.75) is 17.7 Å². The lowest BCUT2D eigenvalue weighted by atomic mass is 10.0. The Morgan fingerprint density at radius 2 is 1.80 bits per heavy atom. The molecule has 0 bridgehead atoms. The second-order valence-electron chi connectivity index (χ2n) is 10.3. The molecule has 45 heavy (non-hydrogen) atoms. The van der Waals surface area contributed by atoms with Gasteiger partial charge in [-0.25, -0.2) is 17.8 Å². The van der Waals surface area contributed by atoms with E-state index in [-0.39, 0.29) is 26.6 Å². The summed E-state index contributed by atoms with van der Waals surface area (Å²) in [5, 5.41) is 5.80. The normalized spacial score (nSPS) is 13.4. The first-order valence-corrected chi connectivity index (χ1v) is 16.2. The minimum Gasteiger partial charge on any atom is -0.463 e. The molecule has 3 heterocycles. The molecule has 0 unspecified atom stereocenters. The molecule has 1 aliphatic rings. The lowest BCUT2D eigenvalue weighted by Gasteiger charge is -2.30. The van der Waals surface area contributed by atoms with Crippen LogP contribution in [0.5, 0.6) is 0 Å². The SMILES string of the molecule is O=C(c1ccc(S(=O)(=O)N2CCCc3ccccc32)cc1)N(/N=C/c1coc2ccccc2c1=O)c1nc2ccc(F)cc2s1. The van der Waals surface area contributed by atoms with E-state index in [1.165, 1.54) is 59.2 Å². The van der Waals surface area contributed by atoms with Crippen molar-refractivity contribution in [3.05, 3.63) is 130 Å². The van der Waals surface area contributed by atoms with E-state index in [1.54, 1.807) is 30.3 Å². The molecule has 6 aromatic rings. The van der Waals surface area contributed by atoms with Crippen LogP contribution < -0.4 is 14.7 Å². The molecule has 0 N–H and O–H groups in total. The third kappa shape index (κ3) is 5.28. The molecule has 0 spiro atoms. The topological polar surface area (TPSA) is 113 Å². The molecule has 224 valence electrons. The van der Waals surface area contributed by atoms with Crippen LogP contribution >= 0.6 is 11.3 Å². The van der Waals surface area contributed by atoms with E-state index in [1.807, 2.05) is 18.2 Å². The molecular formula is C33H23FN4O5S2. The van der Waals surface area contributed by atoms with Crippen LogP contribution in [0.1, 0.15) is 27.9 Å². The number of aryl methyl sites for hydroxylation is 1. The molecule has 0 saturated carbocycles. The summed E-state index contributed by atoms with van der Waals surface area (Å²) >= 11 is 1.04. The van der Waals surface area contributed by atoms with Crippen LogP contribution in [0, 0.1) is 5.82 Å². The number of amides is 1. The molecule has 2 aromatic heterocycles. The van der Waals surface area contributed by atoms with Gasteiger partial charge in [0.2, 0.25) is 10.6 Å². The number of carbonyl (C=O) groups excluding carboxylic acids is 1. The zero-order valence-corrected chi connectivity index (χ0v) is 25.1. The summed E-state index contributed by atoms with van der Waals surface area (Å²) in [7, 11) is -3.89. The second-order valence-corrected chi connectivity index (χ2v) is 13.2. The number of sulfonamides is 1. The number of rotatable bonds is 6. The molecule has 4 aromatic carbocycles. The maximum atomic E-state index is 13.9. The molecule has 12 heteroatoms. The Balaban J connectivity index is 1.24. The first kappa shape index (κ1) is 28.6. The smallest absolute Gasteiger partial charge is 0.280 e. The fraction of sp³-hybridized carbons (Fsp3) is 0.0909. The molecule has 0 aliphatic carbocycles. The summed E-state index contributed by atoms with van der Waals surface area (Å²) in [5.41, 5.74) is 2.36. The minimum absolute atomic E-state index is 0.0371. The standard InChI is InChI=1S/C33H23FN4O5S2/c34-24-13-16-27-30(18-24)44-33(36-27)38(35-19-23-20-43-29-10-4-2-8-26(29)31(23)39)32(40)22-11-14-25(15-12-22)45(41,42)37-17-5-7-21-6-1-3-9-28(21)37/h1-4,6,8-16,18-20H,5,7,17H2/b35-19+. The highest BCUT2D eigenvalue weighted by atomic mass is 32.2. The van der Waals surface area contributed by atoms with E-state index < -0.39 is 21.7 Å². The Morgan fingerprint density at radius 3 is 2.64 bits per heavy atom. The van der Waals surface area contributed by atoms with Gasteiger partial charge in [0.25, 0.3) is 15.9 Å². The number of hydrogen-bond acceptors (Lipinski definition) is 8. The Morgan fingerprint density at radius 1 is 1.02 bits per heavy atom. The average molecular weight is 639 g/mol. The molecule has 1 aliphatic heterocycles. The fourth-order valence-corrected chi connectivity index (χ4v) is 7.72. The number of carbonyl (C=O) groups is 1. The number of nitrogens with zero attached hydrogens (tertiary/aromatic N) is 4. The molecule has 1 amide bonds. The van der Waals surface area contributed by atoms with Crippen molar-refractivity contribution in [1.29, 1.82) is 0 Å². The number of benzene rings is 4. The summed E-state index contributed by atoms with van der Waals surface area (Å²) in [4.78, 5) is 31.4. The number of thiazole rings is 1. The molecule has 0 atom stereocenters. The van der Waals surface area contributed by atoms with Gasteiger partial charge in [0, 0.05) is 12.1 Å². The Kier molecular flexibility index (Phi) is 7.22. The molecule has 7 rings (SSSR count). The maximum Gasteiger partial charge on any atom is 0.280 e. The fourth-order valence-electron chi connectivity index (χ4n) is 5.24. The van der Waals surface area contributed by atoms with Gasteiger partial charge in [0.15, 0.2) is 0 Å². The summed E-state index contributed by atoms with van der Waals surface area (Å²) in [6, 6.07) is 23.8. The summed E-state index contributed by atoms with van der Waals surface area (Å²) in [5.74, 6) is -1.09. The van der Waals surface area contributed by atoms with E-state index in [0.717, 1.165) is 28.3 Å². The van der Waals surface area contributed by atoms with Crippen LogP contribution in [0.25, 0.3) is 21.2 Å². The number of halogens is 1. The van der Waals surface area contributed by atoms with Gasteiger partial charge in [-0.3, -0.25) is 13.9 Å². The lowest BCUT2D eigenvalue weighted by molar-refractivity contribution is 0.0987. The van der Waals surface area contributed by atoms with Crippen LogP contribution in [0.4, 0.5) is 15.2 Å². The molecule has 0 fully saturated rings. The van der Waals surface area contributed by atoms with E-state index >= 15 is 0 Å². The van der Waals surface area contributed by atoms with Gasteiger partial charge in [-0.1, -0.05) is 41.7 Å². The monoisotopic (exact) mass is 638 g/mol. The van der Waals surface area contributed by atoms with Crippen LogP contribution in [0.3, 0.4) is 0 Å². The quantitative estimate of drug-likeness (QED) is 0.155. The lowest BCUT2D eigenvalue weighted by Crippen LogP contribution is -2.35. The van der Waals surface area contributed by atoms with Crippen molar-refractivity contribution in [1.82, 2.24) is 4.98 Å². The molecule has 0 radical (unpaired) electrons.